The molecule has 9 nitrogen and oxygen atoms in total. The molecule has 3 N–H and O–H groups in total. The molecule has 0 aliphatic heterocycles. The molecule has 0 aliphatic carbocycles. The minimum absolute atomic E-state index is 0. The summed E-state index contributed by atoms with van der Waals surface area (Å²) in [6.07, 6.45) is 0. The van der Waals surface area contributed by atoms with Gasteiger partial charge in [-0.15, -0.1) is 0 Å². The van der Waals surface area contributed by atoms with Crippen LogP contribution in [0.4, 0.5) is 11.4 Å². The number of nitrogens with one attached hydrogen (secondary N) is 1. The van der Waals surface area contributed by atoms with E-state index in [1.807, 2.05) is 72.7 Å². The molecular formula is C29H42Br3N2NaO7. The maximum absolute atomic E-state index is 11.8. The summed E-state index contributed by atoms with van der Waals surface area (Å²) >= 11 is 10.2. The molecule has 0 atom stereocenters. The summed E-state index contributed by atoms with van der Waals surface area (Å²) in [6.45, 7) is 19.5. The molecule has 0 aromatic heterocycles. The van der Waals surface area contributed by atoms with Gasteiger partial charge in [-0.3, -0.25) is 9.59 Å². The Bertz CT molecular complexity index is 1090. The third-order valence-electron chi connectivity index (χ3n) is 4.94. The molecule has 0 unspecified atom stereocenters. The Hall–Kier alpha value is -1.15. The van der Waals surface area contributed by atoms with Crippen molar-refractivity contribution < 1.29 is 63.6 Å². The van der Waals surface area contributed by atoms with E-state index in [9.17, 15) is 9.59 Å². The van der Waals surface area contributed by atoms with Crippen LogP contribution < -0.4 is 45.9 Å². The van der Waals surface area contributed by atoms with Crippen molar-refractivity contribution in [2.75, 3.05) is 24.3 Å². The standard InChI is InChI=1S/C14H20BrNO2.C8H10BrN.C6H11BrO2.CH2O3.Na/c1-6-18-13(17)14(4,5)16-11-7-9(2)12(15)10(3)8-11;1-5-3-7(10)4-6(2)8(5)9;1-4-9-5(8)6(2,3)7;2-1-4-3;/h7-8,16H,6H2,1-5H3;3-4H,10H2,1-2H3;4H2,1-3H3;1,3H;/q;;;;+1/p-1. The van der Waals surface area contributed by atoms with Gasteiger partial charge in [-0.2, -0.15) is 0 Å². The largest absolute Gasteiger partial charge is 1.00 e. The van der Waals surface area contributed by atoms with Crippen LogP contribution in [-0.2, 0) is 28.7 Å². The number of benzene rings is 2. The van der Waals surface area contributed by atoms with Crippen LogP contribution in [0, 0.1) is 27.7 Å². The number of nitrogen functional groups attached to an aromatic ring is 1. The monoisotopic (exact) mass is 790 g/mol. The molecule has 2 aromatic carbocycles. The molecule has 0 bridgehead atoms. The SMILES string of the molecule is CCOC(=O)C(C)(C)Br.CCOC(=O)C(C)(C)Nc1cc(C)c(Br)c(C)c1.Cc1cc(N)cc(C)c1Br.O=CO[O-].[Na+]. The molecule has 0 saturated heterocycles. The Balaban J connectivity index is -0.000000540. The van der Waals surface area contributed by atoms with Gasteiger partial charge in [0.05, 0.1) is 13.2 Å². The number of hydrogen-bond donors (Lipinski definition) is 2. The maximum Gasteiger partial charge on any atom is 1.00 e. The second kappa shape index (κ2) is 22.4. The summed E-state index contributed by atoms with van der Waals surface area (Å²) in [4.78, 5) is 33.9. The van der Waals surface area contributed by atoms with E-state index >= 15 is 0 Å². The average Bonchev–Trinajstić information content (AvgIpc) is 2.86. The maximum atomic E-state index is 11.8. The van der Waals surface area contributed by atoms with Crippen LogP contribution in [0.3, 0.4) is 0 Å². The van der Waals surface area contributed by atoms with E-state index in [1.165, 1.54) is 11.1 Å². The summed E-state index contributed by atoms with van der Waals surface area (Å²) in [7, 11) is 0. The number of rotatable bonds is 7. The van der Waals surface area contributed by atoms with Crippen molar-refractivity contribution in [3.63, 3.8) is 0 Å². The van der Waals surface area contributed by atoms with Crippen molar-refractivity contribution >= 4 is 77.6 Å². The van der Waals surface area contributed by atoms with Crippen LogP contribution in [0.15, 0.2) is 33.2 Å². The fourth-order valence-corrected chi connectivity index (χ4v) is 3.60. The topological polar surface area (TPSA) is 140 Å². The van der Waals surface area contributed by atoms with Crippen LogP contribution in [0.2, 0.25) is 0 Å². The van der Waals surface area contributed by atoms with Crippen molar-refractivity contribution in [3.8, 4) is 0 Å². The molecule has 0 aliphatic rings. The minimum atomic E-state index is -0.733. The minimum Gasteiger partial charge on any atom is -0.662 e. The number of nitrogens with two attached hydrogens (primary N) is 1. The van der Waals surface area contributed by atoms with E-state index in [0.29, 0.717) is 13.2 Å². The molecule has 0 fully saturated rings. The zero-order valence-corrected chi connectivity index (χ0v) is 33.1. The van der Waals surface area contributed by atoms with Crippen molar-refractivity contribution in [2.45, 2.75) is 79.1 Å². The van der Waals surface area contributed by atoms with Gasteiger partial charge in [-0.25, -0.2) is 4.79 Å². The Morgan fingerprint density at radius 3 is 1.48 bits per heavy atom. The Morgan fingerprint density at radius 2 is 1.19 bits per heavy atom. The van der Waals surface area contributed by atoms with Crippen LogP contribution >= 0.6 is 47.8 Å². The predicted octanol–water partition coefficient (Wildman–Crippen LogP) is 3.63. The van der Waals surface area contributed by atoms with Gasteiger partial charge in [0.25, 0.3) is 6.47 Å². The first-order chi connectivity index (χ1) is 18.8. The summed E-state index contributed by atoms with van der Waals surface area (Å²) in [6, 6.07) is 7.93. The zero-order valence-electron chi connectivity index (χ0n) is 26.4. The van der Waals surface area contributed by atoms with Crippen LogP contribution in [0.1, 0.15) is 63.8 Å². The molecule has 42 heavy (non-hydrogen) atoms. The summed E-state index contributed by atoms with van der Waals surface area (Å²) in [5.41, 5.74) is 11.3. The quantitative estimate of drug-likeness (QED) is 0.0819. The third kappa shape index (κ3) is 18.5. The van der Waals surface area contributed by atoms with Crippen LogP contribution in [0.5, 0.6) is 0 Å². The van der Waals surface area contributed by atoms with Gasteiger partial charge in [0, 0.05) is 20.3 Å². The van der Waals surface area contributed by atoms with Gasteiger partial charge in [0.2, 0.25) is 0 Å². The van der Waals surface area contributed by atoms with Crippen molar-refractivity contribution in [1.82, 2.24) is 0 Å². The first kappa shape index (κ1) is 45.3. The molecule has 2 aromatic rings. The molecule has 2 rings (SSSR count). The summed E-state index contributed by atoms with van der Waals surface area (Å²) in [5.74, 6) is -0.465. The van der Waals surface area contributed by atoms with Crippen molar-refractivity contribution in [2.24, 2.45) is 0 Å². The van der Waals surface area contributed by atoms with E-state index in [-0.39, 0.29) is 48.0 Å². The molecule has 232 valence electrons. The first-order valence-electron chi connectivity index (χ1n) is 12.6. The van der Waals surface area contributed by atoms with Crippen molar-refractivity contribution in [3.05, 3.63) is 55.5 Å². The number of alkyl halides is 1. The molecule has 0 amide bonds. The number of halogens is 3. The molecule has 0 spiro atoms. The van der Waals surface area contributed by atoms with E-state index < -0.39 is 9.86 Å². The third-order valence-corrected chi connectivity index (χ3v) is 7.76. The van der Waals surface area contributed by atoms with Gasteiger partial charge in [0.1, 0.15) is 9.86 Å². The van der Waals surface area contributed by atoms with E-state index in [1.54, 1.807) is 20.8 Å². The fraction of sp³-hybridized carbons (Fsp3) is 0.483. The second-order valence-electron chi connectivity index (χ2n) is 9.75. The average molecular weight is 793 g/mol. The Kier molecular flexibility index (Phi) is 24.1. The summed E-state index contributed by atoms with van der Waals surface area (Å²) < 4.78 is 11.5. The molecule has 0 heterocycles. The van der Waals surface area contributed by atoms with E-state index in [0.717, 1.165) is 31.4 Å². The van der Waals surface area contributed by atoms with E-state index in [2.05, 4.69) is 58.0 Å². The zero-order chi connectivity index (χ0) is 32.6. The second-order valence-corrected chi connectivity index (χ2v) is 13.3. The number of esters is 2. The van der Waals surface area contributed by atoms with Gasteiger partial charge >= 0.3 is 41.5 Å². The van der Waals surface area contributed by atoms with Gasteiger partial charge in [-0.05, 0) is 116 Å². The number of carbonyl (C=O) groups is 3. The van der Waals surface area contributed by atoms with Gasteiger partial charge in [0.15, 0.2) is 0 Å². The Morgan fingerprint density at radius 1 is 0.857 bits per heavy atom. The normalized spacial score (nSPS) is 10.0. The number of ether oxygens (including phenoxy) is 2. The molecular weight excluding hydrogens is 751 g/mol. The van der Waals surface area contributed by atoms with Gasteiger partial charge in [-0.1, -0.05) is 47.8 Å². The molecule has 13 heteroatoms. The van der Waals surface area contributed by atoms with E-state index in [4.69, 9.17) is 25.3 Å². The van der Waals surface area contributed by atoms with Crippen LogP contribution in [-0.4, -0.2) is 41.5 Å². The number of anilines is 2. The number of hydrogen-bond acceptors (Lipinski definition) is 9. The van der Waals surface area contributed by atoms with Crippen LogP contribution in [0.25, 0.3) is 0 Å². The number of carbonyl (C=O) groups excluding carboxylic acids is 3. The van der Waals surface area contributed by atoms with Gasteiger partial charge < -0.3 is 30.7 Å². The first-order valence-corrected chi connectivity index (χ1v) is 15.0. The predicted molar refractivity (Wildman–Crippen MR) is 173 cm³/mol. The van der Waals surface area contributed by atoms with Crippen molar-refractivity contribution in [1.29, 1.82) is 0 Å². The smallest absolute Gasteiger partial charge is 0.662 e. The Labute approximate surface area is 297 Å². The molecule has 0 saturated carbocycles. The summed E-state index contributed by atoms with van der Waals surface area (Å²) in [5, 5.41) is 11.6. The fourth-order valence-electron chi connectivity index (χ4n) is 3.02. The molecule has 0 radical (unpaired) electrons. The number of aryl methyl sites for hydroxylation is 4.